The monoisotopic (exact) mass is 217 g/mol. The van der Waals surface area contributed by atoms with E-state index in [0.717, 1.165) is 0 Å². The number of rotatable bonds is 2. The highest BCUT2D eigenvalue weighted by atomic mass is 14.8. The van der Waals surface area contributed by atoms with Gasteiger partial charge in [0.25, 0.3) is 0 Å². The number of hydrogen-bond acceptors (Lipinski definition) is 1. The summed E-state index contributed by atoms with van der Waals surface area (Å²) < 4.78 is 0. The Morgan fingerprint density at radius 3 is 1.56 bits per heavy atom. The first-order chi connectivity index (χ1) is 7.41. The van der Waals surface area contributed by atoms with Crippen LogP contribution in [-0.2, 0) is 0 Å². The van der Waals surface area contributed by atoms with Gasteiger partial charge in [-0.05, 0) is 88.1 Å². The molecule has 1 nitrogen and oxygen atoms in total. The van der Waals surface area contributed by atoms with Gasteiger partial charge in [0.2, 0.25) is 0 Å². The van der Waals surface area contributed by atoms with Gasteiger partial charge in [0.05, 0.1) is 6.04 Å². The van der Waals surface area contributed by atoms with E-state index in [1.807, 2.05) is 13.1 Å². The highest BCUT2D eigenvalue weighted by Gasteiger charge is 2.15. The molecule has 0 fully saturated rings. The highest BCUT2D eigenvalue weighted by molar-refractivity contribution is 5.56. The van der Waals surface area contributed by atoms with Gasteiger partial charge >= 0.3 is 0 Å². The Morgan fingerprint density at radius 2 is 1.19 bits per heavy atom. The summed E-state index contributed by atoms with van der Waals surface area (Å²) in [4.78, 5) is 4.50. The van der Waals surface area contributed by atoms with Gasteiger partial charge < -0.3 is 0 Å². The third-order valence-electron chi connectivity index (χ3n) is 3.85. The Balaban J connectivity index is 3.51. The van der Waals surface area contributed by atoms with Gasteiger partial charge in [0.15, 0.2) is 0 Å². The number of benzene rings is 1. The van der Waals surface area contributed by atoms with E-state index in [4.69, 9.17) is 0 Å². The van der Waals surface area contributed by atoms with Crippen LogP contribution in [0.5, 0.6) is 0 Å². The maximum atomic E-state index is 4.50. The van der Waals surface area contributed by atoms with Gasteiger partial charge in [0.1, 0.15) is 0 Å². The normalized spacial score (nSPS) is 13.4. The Hall–Kier alpha value is -1.11. The van der Waals surface area contributed by atoms with Crippen LogP contribution in [0.15, 0.2) is 4.99 Å². The molecule has 0 heterocycles. The second-order valence-electron chi connectivity index (χ2n) is 4.62. The maximum absolute atomic E-state index is 4.50. The molecule has 0 saturated heterocycles. The second-order valence-corrected chi connectivity index (χ2v) is 4.62. The quantitative estimate of drug-likeness (QED) is 0.652. The van der Waals surface area contributed by atoms with Crippen LogP contribution in [0.1, 0.15) is 53.3 Å². The molecule has 0 aliphatic rings. The van der Waals surface area contributed by atoms with E-state index in [9.17, 15) is 0 Å². The molecule has 0 radical (unpaired) electrons. The molecule has 1 atom stereocenters. The highest BCUT2D eigenvalue weighted by Crippen LogP contribution is 2.31. The molecule has 0 aliphatic carbocycles. The average Bonchev–Trinajstić information content (AvgIpc) is 2.24. The van der Waals surface area contributed by atoms with Crippen LogP contribution in [0.25, 0.3) is 0 Å². The fraction of sp³-hybridized carbons (Fsp3) is 0.533. The molecule has 0 saturated carbocycles. The van der Waals surface area contributed by atoms with E-state index in [2.05, 4.69) is 46.5 Å². The zero-order chi connectivity index (χ0) is 12.5. The molecule has 1 aromatic carbocycles. The molecule has 1 aromatic rings. The summed E-state index contributed by atoms with van der Waals surface area (Å²) in [5.74, 6) is 0. The van der Waals surface area contributed by atoms with E-state index in [-0.39, 0.29) is 6.04 Å². The van der Waals surface area contributed by atoms with Crippen molar-refractivity contribution in [3.63, 3.8) is 0 Å². The van der Waals surface area contributed by atoms with Crippen molar-refractivity contribution in [1.29, 1.82) is 0 Å². The van der Waals surface area contributed by atoms with Gasteiger partial charge in [0, 0.05) is 0 Å². The van der Waals surface area contributed by atoms with E-state index < -0.39 is 0 Å². The van der Waals surface area contributed by atoms with Crippen LogP contribution in [0.3, 0.4) is 0 Å². The van der Waals surface area contributed by atoms with Crippen molar-refractivity contribution in [1.82, 2.24) is 0 Å². The van der Waals surface area contributed by atoms with Crippen LogP contribution in [0.4, 0.5) is 0 Å². The second kappa shape index (κ2) is 4.82. The van der Waals surface area contributed by atoms with Gasteiger partial charge in [-0.3, -0.25) is 4.99 Å². The SMILES string of the molecule is CC=NC(C)c1c(C)c(C)c(C)c(C)c1C. The van der Waals surface area contributed by atoms with Crippen molar-refractivity contribution < 1.29 is 0 Å². The van der Waals surface area contributed by atoms with Gasteiger partial charge in [-0.1, -0.05) is 0 Å². The van der Waals surface area contributed by atoms with Gasteiger partial charge in [-0.2, -0.15) is 0 Å². The lowest BCUT2D eigenvalue weighted by Crippen LogP contribution is -2.05. The van der Waals surface area contributed by atoms with E-state index >= 15 is 0 Å². The van der Waals surface area contributed by atoms with Crippen molar-refractivity contribution in [3.8, 4) is 0 Å². The van der Waals surface area contributed by atoms with E-state index in [1.54, 1.807) is 0 Å². The largest absolute Gasteiger partial charge is 0.290 e. The maximum Gasteiger partial charge on any atom is 0.0722 e. The summed E-state index contributed by atoms with van der Waals surface area (Å²) in [7, 11) is 0. The van der Waals surface area contributed by atoms with Crippen LogP contribution < -0.4 is 0 Å². The van der Waals surface area contributed by atoms with Crippen LogP contribution in [0, 0.1) is 34.6 Å². The summed E-state index contributed by atoms with van der Waals surface area (Å²) in [6.45, 7) is 15.2. The third kappa shape index (κ3) is 2.04. The number of aliphatic imine (C=N–C) groups is 1. The molecule has 0 bridgehead atoms. The van der Waals surface area contributed by atoms with Crippen molar-refractivity contribution in [2.24, 2.45) is 4.99 Å². The summed E-state index contributed by atoms with van der Waals surface area (Å²) in [6, 6.07) is 0.267. The number of nitrogens with zero attached hydrogens (tertiary/aromatic N) is 1. The molecule has 88 valence electrons. The minimum Gasteiger partial charge on any atom is -0.290 e. The number of hydrogen-bond donors (Lipinski definition) is 0. The lowest BCUT2D eigenvalue weighted by Gasteiger charge is -2.21. The summed E-state index contributed by atoms with van der Waals surface area (Å²) >= 11 is 0. The van der Waals surface area contributed by atoms with Crippen molar-refractivity contribution in [3.05, 3.63) is 33.4 Å². The molecule has 1 rings (SSSR count). The zero-order valence-corrected chi connectivity index (χ0v) is 11.6. The summed E-state index contributed by atoms with van der Waals surface area (Å²) in [5.41, 5.74) is 8.45. The van der Waals surface area contributed by atoms with Crippen molar-refractivity contribution in [2.75, 3.05) is 0 Å². The van der Waals surface area contributed by atoms with Crippen molar-refractivity contribution >= 4 is 6.21 Å². The smallest absolute Gasteiger partial charge is 0.0722 e. The standard InChI is InChI=1S/C15H23N/c1-8-16-14(7)15-12(5)10(3)9(2)11(4)13(15)6/h8,14H,1-7H3. The van der Waals surface area contributed by atoms with Crippen LogP contribution in [-0.4, -0.2) is 6.21 Å². The zero-order valence-electron chi connectivity index (χ0n) is 11.6. The lowest BCUT2D eigenvalue weighted by atomic mass is 9.87. The third-order valence-corrected chi connectivity index (χ3v) is 3.85. The lowest BCUT2D eigenvalue weighted by molar-refractivity contribution is 0.800. The molecular formula is C15H23N. The first-order valence-electron chi connectivity index (χ1n) is 5.96. The summed E-state index contributed by atoms with van der Waals surface area (Å²) in [5, 5.41) is 0. The summed E-state index contributed by atoms with van der Waals surface area (Å²) in [6.07, 6.45) is 1.90. The van der Waals surface area contributed by atoms with Gasteiger partial charge in [-0.25, -0.2) is 0 Å². The molecule has 0 spiro atoms. The Kier molecular flexibility index (Phi) is 3.90. The Bertz CT molecular complexity index is 399. The molecule has 16 heavy (non-hydrogen) atoms. The molecule has 0 aliphatic heterocycles. The Labute approximate surface area is 99.6 Å². The predicted octanol–water partition coefficient (Wildman–Crippen LogP) is 4.38. The molecule has 0 aromatic heterocycles. The Morgan fingerprint density at radius 1 is 0.812 bits per heavy atom. The van der Waals surface area contributed by atoms with E-state index in [1.165, 1.54) is 33.4 Å². The first kappa shape index (κ1) is 13.0. The first-order valence-corrected chi connectivity index (χ1v) is 5.96. The minimum atomic E-state index is 0.267. The molecule has 1 heteroatoms. The van der Waals surface area contributed by atoms with Crippen molar-refractivity contribution in [2.45, 2.75) is 54.5 Å². The topological polar surface area (TPSA) is 12.4 Å². The molecular weight excluding hydrogens is 194 g/mol. The van der Waals surface area contributed by atoms with E-state index in [0.29, 0.717) is 0 Å². The molecule has 0 amide bonds. The van der Waals surface area contributed by atoms with Crippen LogP contribution in [0.2, 0.25) is 0 Å². The van der Waals surface area contributed by atoms with Gasteiger partial charge in [-0.15, -0.1) is 0 Å². The van der Waals surface area contributed by atoms with Crippen LogP contribution >= 0.6 is 0 Å². The average molecular weight is 217 g/mol. The fourth-order valence-corrected chi connectivity index (χ4v) is 2.45. The fourth-order valence-electron chi connectivity index (χ4n) is 2.45. The molecule has 0 N–H and O–H groups in total. The predicted molar refractivity (Wildman–Crippen MR) is 72.7 cm³/mol. The molecule has 1 unspecified atom stereocenters. The minimum absolute atomic E-state index is 0.267.